The van der Waals surface area contributed by atoms with Crippen LogP contribution in [0.1, 0.15) is 24.1 Å². The largest absolute Gasteiger partial charge is 0.309 e. The molecule has 0 spiro atoms. The van der Waals surface area contributed by atoms with E-state index in [0.717, 1.165) is 12.6 Å². The summed E-state index contributed by atoms with van der Waals surface area (Å²) in [5, 5.41) is 5.67. The van der Waals surface area contributed by atoms with Crippen molar-refractivity contribution in [1.29, 1.82) is 0 Å². The van der Waals surface area contributed by atoms with Gasteiger partial charge in [0.2, 0.25) is 0 Å². The smallest absolute Gasteiger partial charge is 0.0302 e. The molecular weight excluding hydrogens is 234 g/mol. The van der Waals surface area contributed by atoms with Crippen LogP contribution in [0, 0.1) is 0 Å². The van der Waals surface area contributed by atoms with E-state index in [2.05, 4.69) is 32.7 Å². The minimum absolute atomic E-state index is 0.797. The lowest BCUT2D eigenvalue weighted by Gasteiger charge is -2.26. The molecule has 1 aromatic rings. The number of thiophene rings is 1. The Bertz CT molecular complexity index is 255. The minimum atomic E-state index is 0.797. The zero-order valence-corrected chi connectivity index (χ0v) is 9.25. The third kappa shape index (κ3) is 2.09. The molecule has 12 heavy (non-hydrogen) atoms. The number of rotatable bonds is 3. The molecule has 0 saturated heterocycles. The van der Waals surface area contributed by atoms with Crippen molar-refractivity contribution in [3.05, 3.63) is 20.8 Å². The first kappa shape index (κ1) is 8.73. The molecule has 0 unspecified atom stereocenters. The lowest BCUT2D eigenvalue weighted by molar-refractivity contribution is 0.339. The first-order valence-electron chi connectivity index (χ1n) is 4.31. The van der Waals surface area contributed by atoms with Gasteiger partial charge in [-0.25, -0.2) is 0 Å². The monoisotopic (exact) mass is 245 g/mol. The maximum atomic E-state index is 3.54. The number of halogens is 1. The average Bonchev–Trinajstić information content (AvgIpc) is 2.32. The van der Waals surface area contributed by atoms with Gasteiger partial charge in [-0.3, -0.25) is 0 Å². The summed E-state index contributed by atoms with van der Waals surface area (Å²) in [5.74, 6) is 0. The Morgan fingerprint density at radius 2 is 2.42 bits per heavy atom. The van der Waals surface area contributed by atoms with E-state index in [-0.39, 0.29) is 0 Å². The Hall–Kier alpha value is 0.140. The molecule has 1 nitrogen and oxygen atoms in total. The molecule has 0 atom stereocenters. The summed E-state index contributed by atoms with van der Waals surface area (Å²) in [5.41, 5.74) is 0. The van der Waals surface area contributed by atoms with Gasteiger partial charge in [-0.15, -0.1) is 11.3 Å². The molecule has 66 valence electrons. The summed E-state index contributed by atoms with van der Waals surface area (Å²) in [4.78, 5) is 1.42. The van der Waals surface area contributed by atoms with E-state index in [1.807, 2.05) is 11.3 Å². The van der Waals surface area contributed by atoms with E-state index in [0.29, 0.717) is 0 Å². The van der Waals surface area contributed by atoms with Crippen molar-refractivity contribution in [3.63, 3.8) is 0 Å². The normalized spacial score (nSPS) is 17.8. The minimum Gasteiger partial charge on any atom is -0.309 e. The lowest BCUT2D eigenvalue weighted by atomic mass is 9.93. The number of hydrogen-bond acceptors (Lipinski definition) is 2. The molecule has 3 heteroatoms. The van der Waals surface area contributed by atoms with Gasteiger partial charge in [0.1, 0.15) is 0 Å². The second-order valence-electron chi connectivity index (χ2n) is 3.24. The van der Waals surface area contributed by atoms with Gasteiger partial charge in [0.15, 0.2) is 0 Å². The van der Waals surface area contributed by atoms with Crippen LogP contribution in [0.2, 0.25) is 0 Å². The summed E-state index contributed by atoms with van der Waals surface area (Å²) >= 11 is 5.27. The van der Waals surface area contributed by atoms with E-state index in [4.69, 9.17) is 0 Å². The van der Waals surface area contributed by atoms with E-state index in [1.54, 1.807) is 0 Å². The van der Waals surface area contributed by atoms with Crippen molar-refractivity contribution in [3.8, 4) is 0 Å². The molecule has 1 aromatic heterocycles. The summed E-state index contributed by atoms with van der Waals surface area (Å²) in [6.45, 7) is 1.04. The zero-order chi connectivity index (χ0) is 8.39. The number of nitrogens with one attached hydrogen (secondary N) is 1. The molecule has 2 rings (SSSR count). The summed E-state index contributed by atoms with van der Waals surface area (Å²) in [6, 6.07) is 2.99. The molecular formula is C9H12BrNS. The zero-order valence-electron chi connectivity index (χ0n) is 6.85. The highest BCUT2D eigenvalue weighted by molar-refractivity contribution is 9.10. The van der Waals surface area contributed by atoms with Crippen molar-refractivity contribution < 1.29 is 0 Å². The Kier molecular flexibility index (Phi) is 2.84. The summed E-state index contributed by atoms with van der Waals surface area (Å²) in [7, 11) is 0. The van der Waals surface area contributed by atoms with E-state index >= 15 is 0 Å². The molecule has 0 amide bonds. The maximum Gasteiger partial charge on any atom is 0.0302 e. The lowest BCUT2D eigenvalue weighted by Crippen LogP contribution is -2.34. The fourth-order valence-corrected chi connectivity index (χ4v) is 2.71. The molecule has 1 heterocycles. The maximum absolute atomic E-state index is 3.54. The highest BCUT2D eigenvalue weighted by Gasteiger charge is 2.16. The van der Waals surface area contributed by atoms with E-state index in [9.17, 15) is 0 Å². The van der Waals surface area contributed by atoms with Crippen molar-refractivity contribution in [2.75, 3.05) is 0 Å². The SMILES string of the molecule is Brc1csc(CNC2CCC2)c1. The Labute approximate surface area is 85.3 Å². The van der Waals surface area contributed by atoms with E-state index in [1.165, 1.54) is 28.6 Å². The van der Waals surface area contributed by atoms with Gasteiger partial charge in [0.05, 0.1) is 0 Å². The van der Waals surface area contributed by atoms with Crippen LogP contribution in [-0.2, 0) is 6.54 Å². The fourth-order valence-electron chi connectivity index (χ4n) is 1.30. The Morgan fingerprint density at radius 3 is 2.92 bits per heavy atom. The van der Waals surface area contributed by atoms with Crippen molar-refractivity contribution in [2.24, 2.45) is 0 Å². The predicted octanol–water partition coefficient (Wildman–Crippen LogP) is 3.15. The molecule has 0 aliphatic heterocycles. The third-order valence-electron chi connectivity index (χ3n) is 2.29. The second-order valence-corrected chi connectivity index (χ2v) is 5.15. The van der Waals surface area contributed by atoms with Gasteiger partial charge >= 0.3 is 0 Å². The van der Waals surface area contributed by atoms with Gasteiger partial charge in [-0.05, 0) is 34.8 Å². The van der Waals surface area contributed by atoms with Crippen LogP contribution in [0.15, 0.2) is 15.9 Å². The van der Waals surface area contributed by atoms with Crippen LogP contribution < -0.4 is 5.32 Å². The number of hydrogen-bond donors (Lipinski definition) is 1. The summed E-state index contributed by atoms with van der Waals surface area (Å²) < 4.78 is 1.21. The molecule has 1 aliphatic rings. The van der Waals surface area contributed by atoms with Crippen LogP contribution in [0.3, 0.4) is 0 Å². The molecule has 1 saturated carbocycles. The van der Waals surface area contributed by atoms with Crippen LogP contribution in [0.4, 0.5) is 0 Å². The molecule has 0 aromatic carbocycles. The van der Waals surface area contributed by atoms with E-state index < -0.39 is 0 Å². The van der Waals surface area contributed by atoms with Gasteiger partial charge in [0, 0.05) is 27.3 Å². The topological polar surface area (TPSA) is 12.0 Å². The highest BCUT2D eigenvalue weighted by atomic mass is 79.9. The van der Waals surface area contributed by atoms with Gasteiger partial charge < -0.3 is 5.32 Å². The van der Waals surface area contributed by atoms with Crippen LogP contribution >= 0.6 is 27.3 Å². The molecule has 0 bridgehead atoms. The molecule has 1 aliphatic carbocycles. The van der Waals surface area contributed by atoms with Crippen molar-refractivity contribution in [2.45, 2.75) is 31.8 Å². The average molecular weight is 246 g/mol. The highest BCUT2D eigenvalue weighted by Crippen LogP contribution is 2.22. The van der Waals surface area contributed by atoms with Crippen LogP contribution in [0.5, 0.6) is 0 Å². The fraction of sp³-hybridized carbons (Fsp3) is 0.556. The summed E-state index contributed by atoms with van der Waals surface area (Å²) in [6.07, 6.45) is 4.14. The van der Waals surface area contributed by atoms with Crippen LogP contribution in [0.25, 0.3) is 0 Å². The second kappa shape index (κ2) is 3.90. The molecule has 1 fully saturated rings. The predicted molar refractivity (Wildman–Crippen MR) is 56.5 cm³/mol. The standard InChI is InChI=1S/C9H12BrNS/c10-7-4-9(12-6-7)5-11-8-2-1-3-8/h4,6,8,11H,1-3,5H2. The first-order chi connectivity index (χ1) is 5.84. The van der Waals surface area contributed by atoms with Gasteiger partial charge in [-0.1, -0.05) is 6.42 Å². The Morgan fingerprint density at radius 1 is 1.58 bits per heavy atom. The van der Waals surface area contributed by atoms with Crippen molar-refractivity contribution in [1.82, 2.24) is 5.32 Å². The third-order valence-corrected chi connectivity index (χ3v) is 3.99. The molecule has 1 N–H and O–H groups in total. The first-order valence-corrected chi connectivity index (χ1v) is 5.98. The quantitative estimate of drug-likeness (QED) is 0.863. The molecule has 0 radical (unpaired) electrons. The van der Waals surface area contributed by atoms with Gasteiger partial charge in [-0.2, -0.15) is 0 Å². The van der Waals surface area contributed by atoms with Gasteiger partial charge in [0.25, 0.3) is 0 Å². The Balaban J connectivity index is 1.79. The van der Waals surface area contributed by atoms with Crippen LogP contribution in [-0.4, -0.2) is 6.04 Å². The van der Waals surface area contributed by atoms with Crippen molar-refractivity contribution >= 4 is 27.3 Å².